The number of carbonyl (C=O) groups is 1. The molecule has 1 atom stereocenters. The van der Waals surface area contributed by atoms with Gasteiger partial charge in [0.1, 0.15) is 18.9 Å². The molecular formula is C11H16N4O3. The predicted molar refractivity (Wildman–Crippen MR) is 63.8 cm³/mol. The standard InChI is InChI=1S/C11H16N4O3/c1-8(2)10-3-4-14(10)11(16)7-13-6-9(5-12-13)15(17)18/h5-6,8,10H,3-4,7H2,1-2H3/t10-/m0/s1. The second kappa shape index (κ2) is 4.75. The number of hydrogen-bond acceptors (Lipinski definition) is 4. The van der Waals surface area contributed by atoms with Crippen LogP contribution in [0.5, 0.6) is 0 Å². The molecule has 0 aliphatic carbocycles. The summed E-state index contributed by atoms with van der Waals surface area (Å²) < 4.78 is 1.32. The Bertz CT molecular complexity index is 469. The van der Waals surface area contributed by atoms with Crippen molar-refractivity contribution < 1.29 is 9.72 Å². The fraction of sp³-hybridized carbons (Fsp3) is 0.636. The van der Waals surface area contributed by atoms with Gasteiger partial charge in [-0.05, 0) is 12.3 Å². The predicted octanol–water partition coefficient (Wildman–Crippen LogP) is 1.05. The van der Waals surface area contributed by atoms with Crippen molar-refractivity contribution in [3.63, 3.8) is 0 Å². The van der Waals surface area contributed by atoms with Crippen LogP contribution in [-0.2, 0) is 11.3 Å². The van der Waals surface area contributed by atoms with Crippen LogP contribution < -0.4 is 0 Å². The Balaban J connectivity index is 1.96. The molecule has 1 fully saturated rings. The molecule has 1 aliphatic rings. The van der Waals surface area contributed by atoms with Crippen molar-refractivity contribution in [1.82, 2.24) is 14.7 Å². The first-order valence-corrected chi connectivity index (χ1v) is 5.95. The van der Waals surface area contributed by atoms with E-state index in [4.69, 9.17) is 0 Å². The molecule has 18 heavy (non-hydrogen) atoms. The molecule has 1 aromatic heterocycles. The van der Waals surface area contributed by atoms with Crippen LogP contribution >= 0.6 is 0 Å². The van der Waals surface area contributed by atoms with E-state index in [1.165, 1.54) is 10.9 Å². The fourth-order valence-electron chi connectivity index (χ4n) is 2.17. The summed E-state index contributed by atoms with van der Waals surface area (Å²) in [7, 11) is 0. The molecule has 0 saturated carbocycles. The highest BCUT2D eigenvalue weighted by Gasteiger charge is 2.34. The summed E-state index contributed by atoms with van der Waals surface area (Å²) in [5, 5.41) is 14.3. The Morgan fingerprint density at radius 3 is 2.83 bits per heavy atom. The van der Waals surface area contributed by atoms with Gasteiger partial charge in [-0.1, -0.05) is 13.8 Å². The minimum atomic E-state index is -0.519. The third-order valence-electron chi connectivity index (χ3n) is 3.28. The molecule has 0 bridgehead atoms. The van der Waals surface area contributed by atoms with Gasteiger partial charge in [0.05, 0.1) is 4.92 Å². The number of carbonyl (C=O) groups excluding carboxylic acids is 1. The van der Waals surface area contributed by atoms with Crippen LogP contribution in [0.25, 0.3) is 0 Å². The Morgan fingerprint density at radius 2 is 2.39 bits per heavy atom. The molecule has 0 N–H and O–H groups in total. The van der Waals surface area contributed by atoms with E-state index in [-0.39, 0.29) is 18.1 Å². The van der Waals surface area contributed by atoms with Crippen LogP contribution in [0.2, 0.25) is 0 Å². The summed E-state index contributed by atoms with van der Waals surface area (Å²) >= 11 is 0. The molecule has 1 aromatic rings. The van der Waals surface area contributed by atoms with Crippen LogP contribution in [-0.4, -0.2) is 38.1 Å². The third kappa shape index (κ3) is 2.34. The zero-order valence-corrected chi connectivity index (χ0v) is 10.4. The van der Waals surface area contributed by atoms with E-state index in [1.54, 1.807) is 0 Å². The second-order valence-corrected chi connectivity index (χ2v) is 4.84. The van der Waals surface area contributed by atoms with Crippen molar-refractivity contribution in [1.29, 1.82) is 0 Å². The molecule has 0 radical (unpaired) electrons. The van der Waals surface area contributed by atoms with E-state index in [1.807, 2.05) is 4.90 Å². The van der Waals surface area contributed by atoms with Crippen molar-refractivity contribution in [3.05, 3.63) is 22.5 Å². The van der Waals surface area contributed by atoms with Gasteiger partial charge >= 0.3 is 5.69 Å². The largest absolute Gasteiger partial charge is 0.338 e. The van der Waals surface area contributed by atoms with Crippen molar-refractivity contribution in [2.45, 2.75) is 32.9 Å². The Morgan fingerprint density at radius 1 is 1.67 bits per heavy atom. The molecule has 2 heterocycles. The minimum Gasteiger partial charge on any atom is -0.338 e. The normalized spacial score (nSPS) is 18.8. The average molecular weight is 252 g/mol. The van der Waals surface area contributed by atoms with Gasteiger partial charge in [0.15, 0.2) is 0 Å². The van der Waals surface area contributed by atoms with Crippen molar-refractivity contribution in [2.75, 3.05) is 6.54 Å². The second-order valence-electron chi connectivity index (χ2n) is 4.84. The molecule has 1 aliphatic heterocycles. The number of nitrogens with zero attached hydrogens (tertiary/aromatic N) is 4. The lowest BCUT2D eigenvalue weighted by atomic mass is 9.92. The van der Waals surface area contributed by atoms with Gasteiger partial charge in [-0.25, -0.2) is 0 Å². The first-order valence-electron chi connectivity index (χ1n) is 5.95. The maximum Gasteiger partial charge on any atom is 0.307 e. The van der Waals surface area contributed by atoms with E-state index >= 15 is 0 Å². The summed E-state index contributed by atoms with van der Waals surface area (Å²) in [4.78, 5) is 23.8. The van der Waals surface area contributed by atoms with Gasteiger partial charge in [-0.2, -0.15) is 5.10 Å². The molecule has 98 valence electrons. The number of likely N-dealkylation sites (tertiary alicyclic amines) is 1. The molecule has 1 saturated heterocycles. The van der Waals surface area contributed by atoms with E-state index in [0.29, 0.717) is 12.0 Å². The summed E-state index contributed by atoms with van der Waals surface area (Å²) in [5.41, 5.74) is -0.0909. The molecule has 7 heteroatoms. The maximum atomic E-state index is 12.0. The highest BCUT2D eigenvalue weighted by molar-refractivity contribution is 5.77. The highest BCUT2D eigenvalue weighted by Crippen LogP contribution is 2.24. The van der Waals surface area contributed by atoms with E-state index < -0.39 is 4.92 Å². The van der Waals surface area contributed by atoms with Gasteiger partial charge in [0.25, 0.3) is 0 Å². The van der Waals surface area contributed by atoms with Crippen LogP contribution in [0, 0.1) is 16.0 Å². The lowest BCUT2D eigenvalue weighted by Gasteiger charge is -2.43. The molecule has 0 spiro atoms. The summed E-state index contributed by atoms with van der Waals surface area (Å²) in [6.45, 7) is 5.01. The molecule has 7 nitrogen and oxygen atoms in total. The lowest BCUT2D eigenvalue weighted by Crippen LogP contribution is -2.54. The zero-order chi connectivity index (χ0) is 13.3. The van der Waals surface area contributed by atoms with E-state index in [0.717, 1.165) is 19.2 Å². The van der Waals surface area contributed by atoms with Gasteiger partial charge in [-0.15, -0.1) is 0 Å². The fourth-order valence-corrected chi connectivity index (χ4v) is 2.17. The Labute approximate surface area is 105 Å². The van der Waals surface area contributed by atoms with E-state index in [2.05, 4.69) is 18.9 Å². The Hall–Kier alpha value is -1.92. The maximum absolute atomic E-state index is 12.0. The van der Waals surface area contributed by atoms with Gasteiger partial charge in [0.2, 0.25) is 5.91 Å². The number of rotatable bonds is 4. The van der Waals surface area contributed by atoms with Gasteiger partial charge in [-0.3, -0.25) is 19.6 Å². The zero-order valence-electron chi connectivity index (χ0n) is 10.4. The van der Waals surface area contributed by atoms with Crippen molar-refractivity contribution in [3.8, 4) is 0 Å². The van der Waals surface area contributed by atoms with Gasteiger partial charge in [0, 0.05) is 12.6 Å². The van der Waals surface area contributed by atoms with E-state index in [9.17, 15) is 14.9 Å². The quantitative estimate of drug-likeness (QED) is 0.592. The summed E-state index contributed by atoms with van der Waals surface area (Å²) in [6.07, 6.45) is 3.47. The summed E-state index contributed by atoms with van der Waals surface area (Å²) in [6, 6.07) is 0.294. The minimum absolute atomic E-state index is 0.0297. The highest BCUT2D eigenvalue weighted by atomic mass is 16.6. The monoisotopic (exact) mass is 252 g/mol. The number of nitro groups is 1. The molecular weight excluding hydrogens is 236 g/mol. The SMILES string of the molecule is CC(C)[C@@H]1CCN1C(=O)Cn1cc([N+](=O)[O-])cn1. The Kier molecular flexibility index (Phi) is 3.31. The average Bonchev–Trinajstić information content (AvgIpc) is 2.62. The van der Waals surface area contributed by atoms with Crippen LogP contribution in [0.15, 0.2) is 12.4 Å². The van der Waals surface area contributed by atoms with Crippen LogP contribution in [0.1, 0.15) is 20.3 Å². The smallest absolute Gasteiger partial charge is 0.307 e. The van der Waals surface area contributed by atoms with Crippen LogP contribution in [0.4, 0.5) is 5.69 Å². The third-order valence-corrected chi connectivity index (χ3v) is 3.28. The van der Waals surface area contributed by atoms with Crippen LogP contribution in [0.3, 0.4) is 0 Å². The van der Waals surface area contributed by atoms with Crippen molar-refractivity contribution >= 4 is 11.6 Å². The first kappa shape index (κ1) is 12.5. The summed E-state index contributed by atoms with van der Waals surface area (Å²) in [5.74, 6) is 0.410. The molecule has 2 rings (SSSR count). The lowest BCUT2D eigenvalue weighted by molar-refractivity contribution is -0.385. The van der Waals surface area contributed by atoms with Gasteiger partial charge < -0.3 is 4.90 Å². The van der Waals surface area contributed by atoms with Crippen molar-refractivity contribution in [2.24, 2.45) is 5.92 Å². The molecule has 0 unspecified atom stereocenters. The topological polar surface area (TPSA) is 81.3 Å². The first-order chi connectivity index (χ1) is 8.49. The number of hydrogen-bond donors (Lipinski definition) is 0. The molecule has 0 aromatic carbocycles. The molecule has 1 amide bonds. The number of amides is 1. The number of aromatic nitrogens is 2.